The van der Waals surface area contributed by atoms with Gasteiger partial charge in [0.15, 0.2) is 11.6 Å². The number of hydrogen-bond acceptors (Lipinski definition) is 3. The molecule has 1 aromatic carbocycles. The van der Waals surface area contributed by atoms with Gasteiger partial charge in [0.1, 0.15) is 6.61 Å². The molecule has 2 aromatic rings. The SMILES string of the molecule is Cc1cccc(COc2ccc(CN)cc2F)n1. The molecule has 18 heavy (non-hydrogen) atoms. The van der Waals surface area contributed by atoms with Crippen molar-refractivity contribution in [2.75, 3.05) is 0 Å². The van der Waals surface area contributed by atoms with E-state index in [2.05, 4.69) is 4.98 Å². The zero-order valence-electron chi connectivity index (χ0n) is 10.2. The number of benzene rings is 1. The number of nitrogens with two attached hydrogens (primary N) is 1. The predicted octanol–water partition coefficient (Wildman–Crippen LogP) is 2.57. The van der Waals surface area contributed by atoms with Crippen LogP contribution < -0.4 is 10.5 Å². The number of aromatic nitrogens is 1. The van der Waals surface area contributed by atoms with Crippen LogP contribution in [0.5, 0.6) is 5.75 Å². The Morgan fingerprint density at radius 2 is 2.11 bits per heavy atom. The molecule has 0 amide bonds. The monoisotopic (exact) mass is 246 g/mol. The quantitative estimate of drug-likeness (QED) is 0.902. The highest BCUT2D eigenvalue weighted by Gasteiger charge is 2.05. The van der Waals surface area contributed by atoms with Crippen LogP contribution >= 0.6 is 0 Å². The Bertz CT molecular complexity index is 543. The van der Waals surface area contributed by atoms with E-state index in [0.717, 1.165) is 17.0 Å². The lowest BCUT2D eigenvalue weighted by Crippen LogP contribution is -2.02. The van der Waals surface area contributed by atoms with Crippen molar-refractivity contribution in [1.29, 1.82) is 0 Å². The van der Waals surface area contributed by atoms with Crippen molar-refractivity contribution in [3.05, 3.63) is 59.2 Å². The summed E-state index contributed by atoms with van der Waals surface area (Å²) in [4.78, 5) is 4.28. The number of ether oxygens (including phenoxy) is 1. The third-order valence-electron chi connectivity index (χ3n) is 2.55. The summed E-state index contributed by atoms with van der Waals surface area (Å²) in [5.74, 6) is -0.180. The summed E-state index contributed by atoms with van der Waals surface area (Å²) in [5, 5.41) is 0. The first kappa shape index (κ1) is 12.5. The summed E-state index contributed by atoms with van der Waals surface area (Å²) in [6, 6.07) is 10.4. The molecule has 0 atom stereocenters. The smallest absolute Gasteiger partial charge is 0.165 e. The van der Waals surface area contributed by atoms with Gasteiger partial charge in [-0.25, -0.2) is 4.39 Å². The van der Waals surface area contributed by atoms with Crippen molar-refractivity contribution in [2.45, 2.75) is 20.1 Å². The lowest BCUT2D eigenvalue weighted by Gasteiger charge is -2.08. The molecule has 0 unspecified atom stereocenters. The van der Waals surface area contributed by atoms with Gasteiger partial charge in [0.25, 0.3) is 0 Å². The normalized spacial score (nSPS) is 10.4. The molecular weight excluding hydrogens is 231 g/mol. The number of nitrogens with zero attached hydrogens (tertiary/aromatic N) is 1. The second-order valence-electron chi connectivity index (χ2n) is 4.03. The van der Waals surface area contributed by atoms with Crippen molar-refractivity contribution in [3.8, 4) is 5.75 Å². The van der Waals surface area contributed by atoms with Gasteiger partial charge in [-0.15, -0.1) is 0 Å². The Labute approximate surface area is 105 Å². The second kappa shape index (κ2) is 5.60. The Balaban J connectivity index is 2.06. The van der Waals surface area contributed by atoms with Crippen LogP contribution in [0.3, 0.4) is 0 Å². The Kier molecular flexibility index (Phi) is 3.89. The van der Waals surface area contributed by atoms with Gasteiger partial charge in [-0.3, -0.25) is 4.98 Å². The molecule has 94 valence electrons. The number of halogens is 1. The van der Waals surface area contributed by atoms with E-state index < -0.39 is 5.82 Å². The van der Waals surface area contributed by atoms with E-state index in [1.165, 1.54) is 6.07 Å². The Hall–Kier alpha value is -1.94. The van der Waals surface area contributed by atoms with Gasteiger partial charge in [-0.05, 0) is 36.8 Å². The molecule has 0 radical (unpaired) electrons. The van der Waals surface area contributed by atoms with E-state index >= 15 is 0 Å². The molecule has 4 heteroatoms. The van der Waals surface area contributed by atoms with Gasteiger partial charge in [-0.2, -0.15) is 0 Å². The van der Waals surface area contributed by atoms with E-state index in [9.17, 15) is 4.39 Å². The maximum Gasteiger partial charge on any atom is 0.165 e. The minimum atomic E-state index is -0.398. The van der Waals surface area contributed by atoms with Crippen molar-refractivity contribution in [1.82, 2.24) is 4.98 Å². The lowest BCUT2D eigenvalue weighted by atomic mass is 10.2. The number of aryl methyl sites for hydroxylation is 1. The molecule has 0 saturated heterocycles. The molecule has 0 spiro atoms. The van der Waals surface area contributed by atoms with Gasteiger partial charge in [0.05, 0.1) is 5.69 Å². The Morgan fingerprint density at radius 1 is 1.28 bits per heavy atom. The largest absolute Gasteiger partial charge is 0.484 e. The van der Waals surface area contributed by atoms with Gasteiger partial charge in [-0.1, -0.05) is 12.1 Å². The first-order valence-corrected chi connectivity index (χ1v) is 5.73. The summed E-state index contributed by atoms with van der Waals surface area (Å²) >= 11 is 0. The standard InChI is InChI=1S/C14H15FN2O/c1-10-3-2-4-12(17-10)9-18-14-6-5-11(8-16)7-13(14)15/h2-7H,8-9,16H2,1H3. The van der Waals surface area contributed by atoms with Crippen molar-refractivity contribution < 1.29 is 9.13 Å². The average Bonchev–Trinajstić information content (AvgIpc) is 2.37. The summed E-state index contributed by atoms with van der Waals surface area (Å²) in [7, 11) is 0. The molecular formula is C14H15FN2O. The molecule has 0 aliphatic rings. The van der Waals surface area contributed by atoms with E-state index in [1.807, 2.05) is 25.1 Å². The van der Waals surface area contributed by atoms with Crippen molar-refractivity contribution >= 4 is 0 Å². The van der Waals surface area contributed by atoms with Crippen LogP contribution in [-0.2, 0) is 13.2 Å². The van der Waals surface area contributed by atoms with Crippen LogP contribution in [0.2, 0.25) is 0 Å². The van der Waals surface area contributed by atoms with Crippen molar-refractivity contribution in [2.24, 2.45) is 5.73 Å². The molecule has 1 aromatic heterocycles. The minimum Gasteiger partial charge on any atom is -0.484 e. The van der Waals surface area contributed by atoms with E-state index in [4.69, 9.17) is 10.5 Å². The molecule has 3 nitrogen and oxygen atoms in total. The zero-order valence-corrected chi connectivity index (χ0v) is 10.2. The van der Waals surface area contributed by atoms with E-state index in [0.29, 0.717) is 6.54 Å². The third kappa shape index (κ3) is 3.05. The van der Waals surface area contributed by atoms with Crippen LogP contribution in [0.1, 0.15) is 17.0 Å². The molecule has 0 bridgehead atoms. The molecule has 2 rings (SSSR count). The topological polar surface area (TPSA) is 48.1 Å². The van der Waals surface area contributed by atoms with Crippen LogP contribution in [0.25, 0.3) is 0 Å². The van der Waals surface area contributed by atoms with E-state index in [1.54, 1.807) is 12.1 Å². The minimum absolute atomic E-state index is 0.218. The third-order valence-corrected chi connectivity index (χ3v) is 2.55. The lowest BCUT2D eigenvalue weighted by molar-refractivity contribution is 0.285. The maximum atomic E-state index is 13.6. The fraction of sp³-hybridized carbons (Fsp3) is 0.214. The summed E-state index contributed by atoms with van der Waals surface area (Å²) < 4.78 is 19.0. The van der Waals surface area contributed by atoms with Gasteiger partial charge < -0.3 is 10.5 Å². The summed E-state index contributed by atoms with van der Waals surface area (Å²) in [5.41, 5.74) is 7.86. The first-order chi connectivity index (χ1) is 8.69. The number of pyridine rings is 1. The van der Waals surface area contributed by atoms with Gasteiger partial charge in [0.2, 0.25) is 0 Å². The van der Waals surface area contributed by atoms with Crippen LogP contribution in [0, 0.1) is 12.7 Å². The number of rotatable bonds is 4. The first-order valence-electron chi connectivity index (χ1n) is 5.73. The van der Waals surface area contributed by atoms with Gasteiger partial charge >= 0.3 is 0 Å². The maximum absolute atomic E-state index is 13.6. The highest BCUT2D eigenvalue weighted by atomic mass is 19.1. The van der Waals surface area contributed by atoms with Crippen LogP contribution in [0.15, 0.2) is 36.4 Å². The fourth-order valence-corrected chi connectivity index (χ4v) is 1.62. The van der Waals surface area contributed by atoms with Crippen LogP contribution in [-0.4, -0.2) is 4.98 Å². The van der Waals surface area contributed by atoms with E-state index in [-0.39, 0.29) is 12.4 Å². The summed E-state index contributed by atoms with van der Waals surface area (Å²) in [6.07, 6.45) is 0. The average molecular weight is 246 g/mol. The molecule has 0 aliphatic heterocycles. The van der Waals surface area contributed by atoms with Crippen molar-refractivity contribution in [3.63, 3.8) is 0 Å². The number of hydrogen-bond donors (Lipinski definition) is 1. The molecule has 0 fully saturated rings. The second-order valence-corrected chi connectivity index (χ2v) is 4.03. The fourth-order valence-electron chi connectivity index (χ4n) is 1.62. The molecule has 2 N–H and O–H groups in total. The van der Waals surface area contributed by atoms with Crippen LogP contribution in [0.4, 0.5) is 4.39 Å². The highest BCUT2D eigenvalue weighted by molar-refractivity contribution is 5.29. The zero-order chi connectivity index (χ0) is 13.0. The molecule has 1 heterocycles. The molecule has 0 saturated carbocycles. The van der Waals surface area contributed by atoms with Gasteiger partial charge in [0, 0.05) is 12.2 Å². The Morgan fingerprint density at radius 3 is 2.78 bits per heavy atom. The molecule has 0 aliphatic carbocycles. The summed E-state index contributed by atoms with van der Waals surface area (Å²) in [6.45, 7) is 2.47. The highest BCUT2D eigenvalue weighted by Crippen LogP contribution is 2.19. The predicted molar refractivity (Wildman–Crippen MR) is 67.6 cm³/mol.